The van der Waals surface area contributed by atoms with Crippen LogP contribution in [0.5, 0.6) is 0 Å². The van der Waals surface area contributed by atoms with Gasteiger partial charge in [-0.15, -0.1) is 0 Å². The van der Waals surface area contributed by atoms with Crippen molar-refractivity contribution in [3.63, 3.8) is 0 Å². The number of nitrogens with zero attached hydrogens (tertiary/aromatic N) is 1. The fourth-order valence-electron chi connectivity index (χ4n) is 6.38. The van der Waals surface area contributed by atoms with Crippen molar-refractivity contribution in [3.8, 4) is 0 Å². The number of hydrogen-bond acceptors (Lipinski definition) is 4. The highest BCUT2D eigenvalue weighted by Gasteiger charge is 2.52. The number of nitrogen functional groups attached to an aromatic ring is 1. The molecule has 4 aliphatic carbocycles. The number of nitrogens with two attached hydrogens (primary N) is 1. The Morgan fingerprint density at radius 3 is 2.22 bits per heavy atom. The first-order valence-electron chi connectivity index (χ1n) is 9.95. The summed E-state index contributed by atoms with van der Waals surface area (Å²) in [6.45, 7) is 1.64. The van der Waals surface area contributed by atoms with Crippen LogP contribution in [0.2, 0.25) is 0 Å². The molecule has 142 valence electrons. The van der Waals surface area contributed by atoms with Gasteiger partial charge in [0.15, 0.2) is 0 Å². The van der Waals surface area contributed by atoms with Gasteiger partial charge in [-0.2, -0.15) is 0 Å². The monoisotopic (exact) mass is 367 g/mol. The standard InChI is InChI=1S/C21H25N3O3/c1-11(24-19(26)16-3-2-15(22)7-17(16)20(24)27)18(25)23-21-8-12-4-13(9-21)6-14(5-12)10-21/h2-3,7,11-14H,4-6,8-10,22H2,1H3,(H,23,25). The molecule has 1 heterocycles. The zero-order chi connectivity index (χ0) is 18.9. The van der Waals surface area contributed by atoms with Gasteiger partial charge < -0.3 is 11.1 Å². The molecule has 5 aliphatic rings. The highest BCUT2D eigenvalue weighted by atomic mass is 16.2. The molecule has 6 rings (SSSR count). The first-order valence-corrected chi connectivity index (χ1v) is 9.95. The summed E-state index contributed by atoms with van der Waals surface area (Å²) in [7, 11) is 0. The Hall–Kier alpha value is -2.37. The summed E-state index contributed by atoms with van der Waals surface area (Å²) in [5.74, 6) is 1.08. The fraction of sp³-hybridized carbons (Fsp3) is 0.571. The molecule has 0 aromatic heterocycles. The van der Waals surface area contributed by atoms with Gasteiger partial charge in [0.1, 0.15) is 6.04 Å². The number of imide groups is 1. The lowest BCUT2D eigenvalue weighted by Crippen LogP contribution is -2.62. The smallest absolute Gasteiger partial charge is 0.262 e. The maximum Gasteiger partial charge on any atom is 0.262 e. The van der Waals surface area contributed by atoms with Gasteiger partial charge in [0.05, 0.1) is 11.1 Å². The Kier molecular flexibility index (Phi) is 3.46. The van der Waals surface area contributed by atoms with E-state index in [2.05, 4.69) is 5.32 Å². The van der Waals surface area contributed by atoms with Crippen LogP contribution in [0.1, 0.15) is 66.2 Å². The minimum Gasteiger partial charge on any atom is -0.399 e. The molecule has 0 radical (unpaired) electrons. The van der Waals surface area contributed by atoms with E-state index in [4.69, 9.17) is 5.73 Å². The second-order valence-electron chi connectivity index (χ2n) is 9.15. The van der Waals surface area contributed by atoms with Crippen molar-refractivity contribution in [2.45, 2.75) is 57.0 Å². The van der Waals surface area contributed by atoms with E-state index in [0.29, 0.717) is 29.0 Å². The van der Waals surface area contributed by atoms with Gasteiger partial charge in [-0.1, -0.05) is 0 Å². The van der Waals surface area contributed by atoms with Crippen molar-refractivity contribution in [1.82, 2.24) is 10.2 Å². The molecular formula is C21H25N3O3. The van der Waals surface area contributed by atoms with Gasteiger partial charge in [0.25, 0.3) is 11.8 Å². The first kappa shape index (κ1) is 16.8. The van der Waals surface area contributed by atoms with Gasteiger partial charge in [-0.05, 0) is 81.4 Å². The summed E-state index contributed by atoms with van der Waals surface area (Å²) in [5.41, 5.74) is 6.66. The van der Waals surface area contributed by atoms with Crippen LogP contribution in [0.3, 0.4) is 0 Å². The van der Waals surface area contributed by atoms with Crippen molar-refractivity contribution in [2.24, 2.45) is 17.8 Å². The Bertz CT molecular complexity index is 827. The van der Waals surface area contributed by atoms with Gasteiger partial charge in [0, 0.05) is 11.2 Å². The average Bonchev–Trinajstić information content (AvgIpc) is 2.83. The maximum atomic E-state index is 13.0. The van der Waals surface area contributed by atoms with Crippen molar-refractivity contribution in [2.75, 3.05) is 5.73 Å². The molecule has 1 unspecified atom stereocenters. The Morgan fingerprint density at radius 2 is 1.63 bits per heavy atom. The van der Waals surface area contributed by atoms with Crippen molar-refractivity contribution >= 4 is 23.4 Å². The SMILES string of the molecule is CC(C(=O)NC12CC3CC(CC(C3)C1)C2)N1C(=O)c2ccc(N)cc2C1=O. The highest BCUT2D eigenvalue weighted by molar-refractivity contribution is 6.23. The molecule has 4 bridgehead atoms. The van der Waals surface area contributed by atoms with Gasteiger partial charge in [0.2, 0.25) is 5.91 Å². The van der Waals surface area contributed by atoms with Crippen LogP contribution in [-0.2, 0) is 4.79 Å². The predicted octanol–water partition coefficient (Wildman–Crippen LogP) is 2.34. The number of carbonyl (C=O) groups excluding carboxylic acids is 3. The summed E-state index contributed by atoms with van der Waals surface area (Å²) in [6.07, 6.45) is 7.00. The lowest BCUT2D eigenvalue weighted by Gasteiger charge is -2.57. The molecule has 0 saturated heterocycles. The number of nitrogens with one attached hydrogen (secondary N) is 1. The van der Waals surface area contributed by atoms with Crippen LogP contribution >= 0.6 is 0 Å². The topological polar surface area (TPSA) is 92.5 Å². The lowest BCUT2D eigenvalue weighted by atomic mass is 9.53. The summed E-state index contributed by atoms with van der Waals surface area (Å²) in [4.78, 5) is 39.6. The number of carbonyl (C=O) groups is 3. The molecule has 4 fully saturated rings. The molecule has 3 amide bonds. The van der Waals surface area contributed by atoms with E-state index in [1.807, 2.05) is 0 Å². The largest absolute Gasteiger partial charge is 0.399 e. The summed E-state index contributed by atoms with van der Waals surface area (Å²) in [6, 6.07) is 3.85. The molecule has 0 spiro atoms. The second-order valence-corrected chi connectivity index (χ2v) is 9.15. The zero-order valence-electron chi connectivity index (χ0n) is 15.5. The lowest BCUT2D eigenvalue weighted by molar-refractivity contribution is -0.130. The molecule has 27 heavy (non-hydrogen) atoms. The number of anilines is 1. The number of fused-ring (bicyclic) bond motifs is 1. The van der Waals surface area contributed by atoms with Crippen molar-refractivity contribution < 1.29 is 14.4 Å². The molecule has 6 heteroatoms. The summed E-state index contributed by atoms with van der Waals surface area (Å²) in [5, 5.41) is 3.27. The van der Waals surface area contributed by atoms with E-state index in [0.717, 1.165) is 24.2 Å². The van der Waals surface area contributed by atoms with Gasteiger partial charge >= 0.3 is 0 Å². The van der Waals surface area contributed by atoms with Crippen molar-refractivity contribution in [1.29, 1.82) is 0 Å². The fourth-order valence-corrected chi connectivity index (χ4v) is 6.38. The Morgan fingerprint density at radius 1 is 1.07 bits per heavy atom. The third kappa shape index (κ3) is 2.49. The minimum atomic E-state index is -0.827. The number of rotatable bonds is 3. The van der Waals surface area contributed by atoms with E-state index < -0.39 is 17.9 Å². The average molecular weight is 367 g/mol. The molecule has 1 atom stereocenters. The van der Waals surface area contributed by atoms with Crippen LogP contribution in [-0.4, -0.2) is 34.2 Å². The van der Waals surface area contributed by atoms with Crippen LogP contribution in [0.4, 0.5) is 5.69 Å². The quantitative estimate of drug-likeness (QED) is 0.633. The third-order valence-electron chi connectivity index (χ3n) is 7.14. The van der Waals surface area contributed by atoms with Gasteiger partial charge in [-0.3, -0.25) is 19.3 Å². The second kappa shape index (κ2) is 5.57. The van der Waals surface area contributed by atoms with E-state index in [-0.39, 0.29) is 17.0 Å². The van der Waals surface area contributed by atoms with Crippen LogP contribution in [0, 0.1) is 17.8 Å². The molecule has 3 N–H and O–H groups in total. The van der Waals surface area contributed by atoms with Crippen molar-refractivity contribution in [3.05, 3.63) is 29.3 Å². The highest BCUT2D eigenvalue weighted by Crippen LogP contribution is 2.55. The number of benzene rings is 1. The molecular weight excluding hydrogens is 342 g/mol. The Balaban J connectivity index is 1.36. The predicted molar refractivity (Wildman–Crippen MR) is 99.9 cm³/mol. The van der Waals surface area contributed by atoms with Crippen LogP contribution in [0.15, 0.2) is 18.2 Å². The molecule has 1 aromatic carbocycles. The normalized spacial score (nSPS) is 34.7. The number of hydrogen-bond donors (Lipinski definition) is 2. The van der Waals surface area contributed by atoms with Gasteiger partial charge in [-0.25, -0.2) is 0 Å². The minimum absolute atomic E-state index is 0.136. The first-order chi connectivity index (χ1) is 12.8. The van der Waals surface area contributed by atoms with E-state index >= 15 is 0 Å². The summed E-state index contributed by atoms with van der Waals surface area (Å²) < 4.78 is 0. The van der Waals surface area contributed by atoms with Crippen LogP contribution in [0.25, 0.3) is 0 Å². The summed E-state index contributed by atoms with van der Waals surface area (Å²) >= 11 is 0. The maximum absolute atomic E-state index is 13.0. The molecule has 1 aromatic rings. The molecule has 4 saturated carbocycles. The van der Waals surface area contributed by atoms with Crippen LogP contribution < -0.4 is 11.1 Å². The number of amides is 3. The molecule has 1 aliphatic heterocycles. The van der Waals surface area contributed by atoms with E-state index in [1.165, 1.54) is 25.3 Å². The van der Waals surface area contributed by atoms with E-state index in [9.17, 15) is 14.4 Å². The molecule has 6 nitrogen and oxygen atoms in total. The third-order valence-corrected chi connectivity index (χ3v) is 7.14. The zero-order valence-corrected chi connectivity index (χ0v) is 15.5. The Labute approximate surface area is 158 Å². The van der Waals surface area contributed by atoms with E-state index in [1.54, 1.807) is 19.1 Å².